The van der Waals surface area contributed by atoms with Crippen LogP contribution in [0, 0.1) is 0 Å². The second-order valence-electron chi connectivity index (χ2n) is 38.3. The van der Waals surface area contributed by atoms with Gasteiger partial charge in [-0.2, -0.15) is 0 Å². The Morgan fingerprint density at radius 3 is 0.849 bits per heavy atom. The van der Waals surface area contributed by atoms with Gasteiger partial charge < -0.3 is 49.3 Å². The van der Waals surface area contributed by atoms with E-state index in [-0.39, 0.29) is 13.5 Å². The summed E-state index contributed by atoms with van der Waals surface area (Å²) in [7, 11) is 4.38. The molecule has 0 radical (unpaired) electrons. The molecule has 0 amide bonds. The van der Waals surface area contributed by atoms with Gasteiger partial charge in [-0.05, 0) is 241 Å². The highest BCUT2D eigenvalue weighted by atomic mass is 35.5. The number of hydrogen-bond donors (Lipinski definition) is 4. The fraction of sp³-hybridized carbons (Fsp3) is 0.468. The van der Waals surface area contributed by atoms with Gasteiger partial charge in [0.25, 0.3) is 0 Å². The van der Waals surface area contributed by atoms with Gasteiger partial charge in [-0.1, -0.05) is 240 Å². The van der Waals surface area contributed by atoms with Crippen molar-refractivity contribution in [2.75, 3.05) is 61.5 Å². The Balaban J connectivity index is 0.000000134. The van der Waals surface area contributed by atoms with E-state index in [9.17, 15) is 0 Å². The van der Waals surface area contributed by atoms with Gasteiger partial charge >= 0.3 is 0 Å². The van der Waals surface area contributed by atoms with Gasteiger partial charge in [-0.25, -0.2) is 59.8 Å². The van der Waals surface area contributed by atoms with Gasteiger partial charge in [0.05, 0.1) is 115 Å². The number of hydrogen-bond acceptors (Lipinski definition) is 18. The normalized spacial score (nSPS) is 16.7. The topological polar surface area (TPSA) is 229 Å². The van der Waals surface area contributed by atoms with E-state index in [1.54, 1.807) is 0 Å². The average molecular weight is 2030 g/mol. The second-order valence-corrected chi connectivity index (χ2v) is 41.5. The summed E-state index contributed by atoms with van der Waals surface area (Å²) in [4.78, 5) is 63.8. The minimum Gasteiger partial charge on any atom is -0.351 e. The third-order valence-corrected chi connectivity index (χ3v) is 30.6. The third kappa shape index (κ3) is 25.5. The quantitative estimate of drug-likeness (QED) is 0.0341. The molecule has 4 N–H and O–H groups in total. The van der Waals surface area contributed by atoms with Gasteiger partial charge in [0, 0.05) is 115 Å². The Bertz CT molecular complexity index is 6250. The van der Waals surface area contributed by atoms with Crippen LogP contribution in [-0.2, 0) is 26.2 Å². The molecule has 2 aliphatic heterocycles. The molecule has 734 valence electrons. The van der Waals surface area contributed by atoms with Crippen LogP contribution in [-0.4, -0.2) is 146 Å². The molecule has 22 nitrogen and oxygen atoms in total. The van der Waals surface area contributed by atoms with E-state index in [1.165, 1.54) is 139 Å². The predicted molar refractivity (Wildman–Crippen MR) is 576 cm³/mol. The first-order chi connectivity index (χ1) is 67.2. The lowest BCUT2D eigenvalue weighted by Gasteiger charge is -2.29. The van der Waals surface area contributed by atoms with Crippen LogP contribution >= 0.6 is 92.8 Å². The molecule has 7 aliphatic rings. The molecule has 0 spiro atoms. The standard InChI is InChI=1S/C30H34Cl2N6.C28H35Cl2N5.C25H30Cl2N6.C25H29Cl2N5.CH4/c1-4-16-38-28(26-12-15-33-30(35-26)34-20(2)21-8-6-5-7-9-21)27(23-10-11-24(31)25(32)19-23)36-29(38)22-13-17-37(3)18-14-22;1-2-17-35-26(24-15-16-31-28(33-24)32-21-11-7-4-8-12-21)25(20-13-14-22(29)23(30)18-20)34-27(35)19-9-5-3-6-10-19;1-3-12-33-23(21-8-11-28-25(30-21)29-18-5-6-18)22(17-4-7-19(26)20(27)15-17)31-24(33)16-9-13-32(2)14-10-16;1-2-14-32-23(21-12-13-28-25(30-21)29-18-9-10-18)22(17-8-11-19(26)20(27)15-17)31-24(32)16-6-4-3-5-7-16;/h5-12,15,19-20,22H,4,13-14,16-18H2,1-3H3,(H,33,34,35);13-16,18-19,21H,2-12,17H2,1H3,(H,31,32,33);4,7-8,11,15-16,18H,3,5-6,9-10,12-14H2,1-2H3,(H,28,29,30);8,11-13,15-16,18H,2-7,9-10,14H2,1H3,(H,28,29,30);1H4/t20-;;;;/m0..../s1. The zero-order valence-corrected chi connectivity index (χ0v) is 86.4. The summed E-state index contributed by atoms with van der Waals surface area (Å²) in [6.07, 6.45) is 39.3. The SMILES string of the molecule is C.CCCn1c(C2CCCCC2)nc(-c2ccc(Cl)c(Cl)c2)c1-c1ccnc(NC2CC2)n1.CCCn1c(C2CCCCC2)nc(-c2ccc(Cl)c(Cl)c2)c1-c1ccnc(NC2CCCCC2)n1.CCCn1c(C2CCN(C)CC2)nc(-c2ccc(Cl)c(Cl)c2)c1-c1ccnc(NC2CC2)n1.CCCn1c(C2CCN(C)CC2)nc(-c2ccc(Cl)c(Cl)c2)c1-c1ccnc(N[C@@H](C)c2ccccc2)n1. The highest BCUT2D eigenvalue weighted by Gasteiger charge is 2.36. The number of nitrogens with zero attached hydrogens (tertiary/aromatic N) is 18. The Morgan fingerprint density at radius 2 is 0.568 bits per heavy atom. The Kier molecular flexibility index (Phi) is 35.9. The van der Waals surface area contributed by atoms with Gasteiger partial charge in [-0.3, -0.25) is 0 Å². The molecule has 5 aliphatic carbocycles. The van der Waals surface area contributed by atoms with Crippen LogP contribution in [0.5, 0.6) is 0 Å². The van der Waals surface area contributed by atoms with E-state index in [0.29, 0.717) is 106 Å². The number of aromatic nitrogens is 16. The van der Waals surface area contributed by atoms with Crippen molar-refractivity contribution in [1.29, 1.82) is 0 Å². The van der Waals surface area contributed by atoms with Crippen LogP contribution in [0.4, 0.5) is 23.8 Å². The molecule has 30 heteroatoms. The van der Waals surface area contributed by atoms with E-state index in [0.717, 1.165) is 206 Å². The highest BCUT2D eigenvalue weighted by Crippen LogP contribution is 2.47. The molecule has 10 heterocycles. The van der Waals surface area contributed by atoms with Crippen molar-refractivity contribution in [3.05, 3.63) is 221 Å². The smallest absolute Gasteiger partial charge is 0.223 e. The molecule has 13 aromatic rings. The molecule has 139 heavy (non-hydrogen) atoms. The lowest BCUT2D eigenvalue weighted by Crippen LogP contribution is -2.30. The van der Waals surface area contributed by atoms with Crippen molar-refractivity contribution < 1.29 is 0 Å². The maximum atomic E-state index is 6.47. The summed E-state index contributed by atoms with van der Waals surface area (Å²) >= 11 is 50.7. The minimum absolute atomic E-state index is 0. The fourth-order valence-electron chi connectivity index (χ4n) is 20.1. The summed E-state index contributed by atoms with van der Waals surface area (Å²) in [6.45, 7) is 18.8. The Labute approximate surface area is 860 Å². The predicted octanol–water partition coefficient (Wildman–Crippen LogP) is 30.3. The monoisotopic (exact) mass is 2030 g/mol. The van der Waals surface area contributed by atoms with E-state index < -0.39 is 0 Å². The van der Waals surface area contributed by atoms with Crippen molar-refractivity contribution in [1.82, 2.24) is 87.9 Å². The number of imidazole rings is 4. The van der Waals surface area contributed by atoms with E-state index in [2.05, 4.69) is 130 Å². The average Bonchev–Trinajstić information content (AvgIpc) is 1.63. The number of likely N-dealkylation sites (tertiary alicyclic amines) is 2. The number of nitrogens with one attached hydrogen (secondary N) is 4. The zero-order valence-electron chi connectivity index (χ0n) is 80.4. The van der Waals surface area contributed by atoms with Gasteiger partial charge in [-0.15, -0.1) is 0 Å². The molecule has 1 atom stereocenters. The van der Waals surface area contributed by atoms with Crippen molar-refractivity contribution in [3.63, 3.8) is 0 Å². The molecule has 20 rings (SSSR count). The number of rotatable bonds is 29. The van der Waals surface area contributed by atoms with Gasteiger partial charge in [0.1, 0.15) is 23.3 Å². The van der Waals surface area contributed by atoms with Crippen LogP contribution < -0.4 is 21.3 Å². The van der Waals surface area contributed by atoms with Crippen molar-refractivity contribution in [2.45, 2.75) is 289 Å². The number of halogens is 8. The number of benzene rings is 5. The van der Waals surface area contributed by atoms with Crippen LogP contribution in [0.1, 0.15) is 274 Å². The molecule has 0 unspecified atom stereocenters. The van der Waals surface area contributed by atoms with E-state index >= 15 is 0 Å². The summed E-state index contributed by atoms with van der Waals surface area (Å²) in [5.74, 6) is 9.08. The first-order valence-corrected chi connectivity index (χ1v) is 53.3. The minimum atomic E-state index is 0. The van der Waals surface area contributed by atoms with Crippen molar-refractivity contribution >= 4 is 117 Å². The van der Waals surface area contributed by atoms with Gasteiger partial charge in [0.15, 0.2) is 0 Å². The highest BCUT2D eigenvalue weighted by molar-refractivity contribution is 6.44. The molecular weight excluding hydrogens is 1900 g/mol. The van der Waals surface area contributed by atoms with Crippen LogP contribution in [0.3, 0.4) is 0 Å². The first kappa shape index (κ1) is 103. The van der Waals surface area contributed by atoms with Crippen LogP contribution in [0.25, 0.3) is 90.6 Å². The summed E-state index contributed by atoms with van der Waals surface area (Å²) in [6, 6.07) is 42.9. The number of piperidine rings is 2. The van der Waals surface area contributed by atoms with Gasteiger partial charge in [0.2, 0.25) is 23.8 Å². The lowest BCUT2D eigenvalue weighted by molar-refractivity contribution is 0.248. The molecule has 5 aromatic carbocycles. The Hall–Kier alpha value is -9.30. The van der Waals surface area contributed by atoms with Crippen molar-refractivity contribution in [3.8, 4) is 90.6 Å². The van der Waals surface area contributed by atoms with Crippen LogP contribution in [0.2, 0.25) is 40.2 Å². The Morgan fingerprint density at radius 1 is 0.302 bits per heavy atom. The van der Waals surface area contributed by atoms with Crippen LogP contribution in [0.15, 0.2) is 152 Å². The van der Waals surface area contributed by atoms with Crippen molar-refractivity contribution in [2.24, 2.45) is 0 Å². The first-order valence-electron chi connectivity index (χ1n) is 50.3. The maximum absolute atomic E-state index is 6.47. The summed E-state index contributed by atoms with van der Waals surface area (Å²) in [5.41, 5.74) is 16.3. The third-order valence-electron chi connectivity index (χ3n) is 27.7. The summed E-state index contributed by atoms with van der Waals surface area (Å²) in [5, 5.41) is 18.3. The fourth-order valence-corrected chi connectivity index (χ4v) is 21.3. The van der Waals surface area contributed by atoms with E-state index in [4.69, 9.17) is 133 Å². The molecule has 2 saturated heterocycles. The molecule has 5 saturated carbocycles. The zero-order chi connectivity index (χ0) is 95.9. The molecular formula is C109H132Cl8N22. The summed E-state index contributed by atoms with van der Waals surface area (Å²) < 4.78 is 9.58. The largest absolute Gasteiger partial charge is 0.351 e. The van der Waals surface area contributed by atoms with E-state index in [1.807, 2.05) is 140 Å². The maximum Gasteiger partial charge on any atom is 0.223 e. The molecule has 8 aromatic heterocycles. The lowest BCUT2D eigenvalue weighted by atomic mass is 9.88. The number of anilines is 4. The second kappa shape index (κ2) is 48.7. The molecule has 7 fully saturated rings. The molecule has 0 bridgehead atoms.